The minimum Gasteiger partial charge on any atom is -0.444 e. The number of aromatic nitrogens is 1. The first-order valence-corrected chi connectivity index (χ1v) is 22.9. The molecule has 2 aliphatic rings. The SMILES string of the molecule is CC(C)(C)OC(=O)N[C@@H](C(=O)C1CCCN1C(=O)Nc1ccc2[nH]c(-c3ccc(NC(=O)[C@@H]4CCCN4C(=O)[C@H](NC(=O)OC(C)(C)C)c4ccccc4)cc3)c(Br)c2c1)c1ccccc1. The number of likely N-dealkylation sites (tertiary alicyclic amines) is 2. The van der Waals surface area contributed by atoms with Gasteiger partial charge in [-0.3, -0.25) is 14.4 Å². The van der Waals surface area contributed by atoms with E-state index in [0.717, 1.165) is 26.6 Å². The summed E-state index contributed by atoms with van der Waals surface area (Å²) in [7, 11) is 0. The van der Waals surface area contributed by atoms with Crippen LogP contribution in [0.4, 0.5) is 25.8 Å². The van der Waals surface area contributed by atoms with Crippen molar-refractivity contribution in [3.8, 4) is 11.3 Å². The maximum Gasteiger partial charge on any atom is 0.408 e. The van der Waals surface area contributed by atoms with Gasteiger partial charge in [-0.1, -0.05) is 72.8 Å². The monoisotopic (exact) mass is 961 g/mol. The van der Waals surface area contributed by atoms with Crippen LogP contribution in [0.2, 0.25) is 0 Å². The van der Waals surface area contributed by atoms with Crippen LogP contribution in [0, 0.1) is 0 Å². The third-order valence-corrected chi connectivity index (χ3v) is 12.1. The van der Waals surface area contributed by atoms with Crippen LogP contribution in [0.5, 0.6) is 0 Å². The Kier molecular flexibility index (Phi) is 14.2. The van der Waals surface area contributed by atoms with Gasteiger partial charge in [0, 0.05) is 35.4 Å². The number of nitrogens with zero attached hydrogens (tertiary/aromatic N) is 2. The van der Waals surface area contributed by atoms with Crippen LogP contribution in [-0.4, -0.2) is 87.0 Å². The molecule has 1 aromatic heterocycles. The van der Waals surface area contributed by atoms with Gasteiger partial charge in [-0.25, -0.2) is 14.4 Å². The van der Waals surface area contributed by atoms with Crippen LogP contribution in [0.3, 0.4) is 0 Å². The lowest BCUT2D eigenvalue weighted by atomic mass is 9.96. The molecule has 2 aliphatic heterocycles. The Morgan fingerprint density at radius 2 is 1.18 bits per heavy atom. The summed E-state index contributed by atoms with van der Waals surface area (Å²) >= 11 is 3.76. The Balaban J connectivity index is 1.01. The topological polar surface area (TPSA) is 191 Å². The van der Waals surface area contributed by atoms with Crippen LogP contribution in [0.25, 0.3) is 22.2 Å². The molecule has 3 heterocycles. The second kappa shape index (κ2) is 19.8. The first kappa shape index (κ1) is 47.3. The molecule has 346 valence electrons. The minimum atomic E-state index is -1.04. The largest absolute Gasteiger partial charge is 0.444 e. The van der Waals surface area contributed by atoms with Crippen LogP contribution in [-0.2, 0) is 23.9 Å². The van der Waals surface area contributed by atoms with Crippen molar-refractivity contribution in [3.63, 3.8) is 0 Å². The van der Waals surface area contributed by atoms with Gasteiger partial charge in [0.25, 0.3) is 5.91 Å². The van der Waals surface area contributed by atoms with Crippen LogP contribution in [0.1, 0.15) is 90.4 Å². The number of hydrogen-bond donors (Lipinski definition) is 5. The number of rotatable bonds is 11. The molecule has 5 N–H and O–H groups in total. The molecule has 2 saturated heterocycles. The first-order chi connectivity index (χ1) is 31.3. The summed E-state index contributed by atoms with van der Waals surface area (Å²) in [4.78, 5) is 87.9. The fourth-order valence-corrected chi connectivity index (χ4v) is 8.95. The van der Waals surface area contributed by atoms with E-state index in [4.69, 9.17) is 9.47 Å². The predicted octanol–water partition coefficient (Wildman–Crippen LogP) is 9.62. The number of ether oxygens (including phenoxy) is 2. The van der Waals surface area contributed by atoms with E-state index >= 15 is 0 Å². The van der Waals surface area contributed by atoms with Crippen molar-refractivity contribution in [1.82, 2.24) is 25.4 Å². The summed E-state index contributed by atoms with van der Waals surface area (Å²) < 4.78 is 11.7. The first-order valence-electron chi connectivity index (χ1n) is 22.1. The molecule has 66 heavy (non-hydrogen) atoms. The summed E-state index contributed by atoms with van der Waals surface area (Å²) in [5.74, 6) is -1.04. The minimum absolute atomic E-state index is 0.309. The molecule has 2 fully saturated rings. The van der Waals surface area contributed by atoms with Crippen molar-refractivity contribution < 1.29 is 38.2 Å². The number of Topliss-reactive ketones (excluding diaryl/α,β-unsaturated/α-hetero) is 1. The van der Waals surface area contributed by atoms with Gasteiger partial charge in [0.15, 0.2) is 5.78 Å². The number of carbonyl (C=O) groups excluding carboxylic acids is 6. The van der Waals surface area contributed by atoms with Gasteiger partial charge in [0.2, 0.25) is 5.91 Å². The fourth-order valence-electron chi connectivity index (χ4n) is 8.29. The zero-order valence-corrected chi connectivity index (χ0v) is 39.5. The zero-order chi connectivity index (χ0) is 47.3. The number of halogens is 1. The molecule has 4 aromatic carbocycles. The quantitative estimate of drug-likeness (QED) is 0.0864. The molecular weight excluding hydrogens is 906 g/mol. The maximum atomic E-state index is 14.1. The number of urea groups is 1. The second-order valence-corrected chi connectivity index (χ2v) is 19.3. The van der Waals surface area contributed by atoms with Crippen molar-refractivity contribution in [3.05, 3.63) is 119 Å². The summed E-state index contributed by atoms with van der Waals surface area (Å²) in [6.07, 6.45) is 0.701. The average Bonchev–Trinajstić information content (AvgIpc) is 4.04. The van der Waals surface area contributed by atoms with Gasteiger partial charge in [0.1, 0.15) is 29.3 Å². The molecule has 0 saturated carbocycles. The van der Waals surface area contributed by atoms with Gasteiger partial charge in [-0.2, -0.15) is 0 Å². The highest BCUT2D eigenvalue weighted by molar-refractivity contribution is 9.10. The number of carbonyl (C=O) groups is 6. The van der Waals surface area contributed by atoms with E-state index < -0.39 is 59.5 Å². The highest BCUT2D eigenvalue weighted by atomic mass is 79.9. The zero-order valence-electron chi connectivity index (χ0n) is 37.9. The number of hydrogen-bond acceptors (Lipinski definition) is 8. The number of nitrogens with one attached hydrogen (secondary N) is 5. The number of aromatic amines is 1. The number of anilines is 2. The second-order valence-electron chi connectivity index (χ2n) is 18.5. The van der Waals surface area contributed by atoms with E-state index in [9.17, 15) is 28.8 Å². The van der Waals surface area contributed by atoms with Gasteiger partial charge < -0.3 is 45.5 Å². The number of benzene rings is 4. The predicted molar refractivity (Wildman–Crippen MR) is 256 cm³/mol. The Morgan fingerprint density at radius 3 is 1.77 bits per heavy atom. The van der Waals surface area contributed by atoms with E-state index in [1.807, 2.05) is 36.4 Å². The van der Waals surface area contributed by atoms with Crippen molar-refractivity contribution in [1.29, 1.82) is 0 Å². The summed E-state index contributed by atoms with van der Waals surface area (Å²) in [6.45, 7) is 11.2. The lowest BCUT2D eigenvalue weighted by molar-refractivity contribution is -0.138. The molecule has 6 amide bonds. The summed E-state index contributed by atoms with van der Waals surface area (Å²) in [5, 5.41) is 12.2. The van der Waals surface area contributed by atoms with Gasteiger partial charge >= 0.3 is 18.2 Å². The van der Waals surface area contributed by atoms with Crippen LogP contribution < -0.4 is 21.3 Å². The molecule has 5 aromatic rings. The molecule has 0 bridgehead atoms. The summed E-state index contributed by atoms with van der Waals surface area (Å²) in [6, 6.07) is 26.6. The third kappa shape index (κ3) is 11.4. The number of amides is 6. The molecule has 4 atom stereocenters. The van der Waals surface area contributed by atoms with E-state index in [0.29, 0.717) is 61.3 Å². The number of ketones is 1. The molecular formula is C50H56BrN7O8. The Hall–Kier alpha value is -6.68. The van der Waals surface area contributed by atoms with Gasteiger partial charge in [0.05, 0.1) is 16.2 Å². The number of alkyl carbamates (subject to hydrolysis) is 2. The van der Waals surface area contributed by atoms with Crippen molar-refractivity contribution >= 4 is 74.0 Å². The van der Waals surface area contributed by atoms with E-state index in [2.05, 4.69) is 42.2 Å². The maximum absolute atomic E-state index is 14.1. The van der Waals surface area contributed by atoms with E-state index in [1.165, 1.54) is 9.80 Å². The van der Waals surface area contributed by atoms with Gasteiger partial charge in [-0.05, 0) is 130 Å². The van der Waals surface area contributed by atoms with Crippen LogP contribution in [0.15, 0.2) is 108 Å². The fraction of sp³-hybridized carbons (Fsp3) is 0.360. The van der Waals surface area contributed by atoms with Gasteiger partial charge in [-0.15, -0.1) is 0 Å². The lowest BCUT2D eigenvalue weighted by Gasteiger charge is -2.29. The highest BCUT2D eigenvalue weighted by Crippen LogP contribution is 2.37. The highest BCUT2D eigenvalue weighted by Gasteiger charge is 2.41. The molecule has 0 aliphatic carbocycles. The van der Waals surface area contributed by atoms with Crippen LogP contribution >= 0.6 is 15.9 Å². The van der Waals surface area contributed by atoms with Crippen molar-refractivity contribution in [2.24, 2.45) is 0 Å². The summed E-state index contributed by atoms with van der Waals surface area (Å²) in [5.41, 5.74) is 3.11. The van der Waals surface area contributed by atoms with E-state index in [-0.39, 0.29) is 11.7 Å². The van der Waals surface area contributed by atoms with E-state index in [1.54, 1.807) is 108 Å². The standard InChI is InChI=1S/C50H56BrN7O8/c1-49(2,3)65-47(63)55-41(30-15-9-7-10-16-30)43(59)37-19-13-28-58(37)46(62)53-34-25-26-36-35(29-34)39(51)40(54-36)32-21-23-33(24-22-32)52-44(60)38-20-14-27-57(38)45(61)42(31-17-11-8-12-18-31)56-48(64)66-50(4,5)6/h7-12,15-18,21-26,29,37-38,41-42,54H,13-14,19-20,27-28H2,1-6H3,(H,52,60)(H,53,62)(H,55,63)(H,56,64)/t37?,38-,41+,42+/m0/s1. The molecule has 15 nitrogen and oxygen atoms in total. The third-order valence-electron chi connectivity index (χ3n) is 11.2. The van der Waals surface area contributed by atoms with Crippen molar-refractivity contribution in [2.45, 2.75) is 103 Å². The molecule has 1 unspecified atom stereocenters. The Morgan fingerprint density at radius 1 is 0.652 bits per heavy atom. The lowest BCUT2D eigenvalue weighted by Crippen LogP contribution is -2.49. The molecule has 16 heteroatoms. The van der Waals surface area contributed by atoms with Crippen molar-refractivity contribution in [2.75, 3.05) is 23.7 Å². The smallest absolute Gasteiger partial charge is 0.408 e. The molecule has 0 spiro atoms. The number of H-pyrrole nitrogens is 1. The number of fused-ring (bicyclic) bond motifs is 1. The average molecular weight is 963 g/mol. The normalized spacial score (nSPS) is 17.1. The molecule has 7 rings (SSSR count). The molecule has 0 radical (unpaired) electrons. The Labute approximate surface area is 392 Å². The Bertz CT molecular complexity index is 2590.